The highest BCUT2D eigenvalue weighted by Gasteiger charge is 2.44. The van der Waals surface area contributed by atoms with Crippen molar-refractivity contribution in [1.82, 2.24) is 35.6 Å². The molecule has 2 fully saturated rings. The Bertz CT molecular complexity index is 2430. The van der Waals surface area contributed by atoms with E-state index in [-0.39, 0.29) is 43.0 Å². The number of unbranched alkanes of at least 4 members (excludes halogenated alkanes) is 2. The van der Waals surface area contributed by atoms with Gasteiger partial charge in [-0.2, -0.15) is 0 Å². The molecule has 1 unspecified atom stereocenters. The van der Waals surface area contributed by atoms with Crippen LogP contribution in [0.1, 0.15) is 69.7 Å². The van der Waals surface area contributed by atoms with Crippen LogP contribution in [0.15, 0.2) is 84.4 Å². The number of amides is 3. The third-order valence-electron chi connectivity index (χ3n) is 12.5. The van der Waals surface area contributed by atoms with Crippen LogP contribution in [0.2, 0.25) is 0 Å². The van der Waals surface area contributed by atoms with Crippen LogP contribution in [0.25, 0.3) is 21.7 Å². The van der Waals surface area contributed by atoms with E-state index >= 15 is 0 Å². The largest absolute Gasteiger partial charge is 0.507 e. The van der Waals surface area contributed by atoms with E-state index in [0.717, 1.165) is 79.5 Å². The van der Waals surface area contributed by atoms with Crippen molar-refractivity contribution in [2.45, 2.75) is 91.1 Å². The fourth-order valence-corrected chi connectivity index (χ4v) is 9.54. The van der Waals surface area contributed by atoms with Crippen LogP contribution < -0.4 is 26.2 Å². The number of nitrogens with one attached hydrogen (secondary N) is 2. The molecule has 6 N–H and O–H groups in total. The number of carbonyl (C=O) groups excluding carboxylic acids is 3. The predicted octanol–water partition coefficient (Wildman–Crippen LogP) is 5.99. The molecule has 7 rings (SSSR count). The van der Waals surface area contributed by atoms with Crippen molar-refractivity contribution in [2.75, 3.05) is 61.8 Å². The number of piperazine rings is 1. The molecule has 2 aliphatic heterocycles. The molecule has 0 saturated carbocycles. The van der Waals surface area contributed by atoms with E-state index in [2.05, 4.69) is 71.8 Å². The molecule has 16 heteroatoms. The first-order valence-corrected chi connectivity index (χ1v) is 23.8. The molecule has 5 aromatic rings. The smallest absolute Gasteiger partial charge is 0.246 e. The third kappa shape index (κ3) is 12.0. The lowest BCUT2D eigenvalue weighted by molar-refractivity contribution is -0.144. The second-order valence-electron chi connectivity index (χ2n) is 18.7. The van der Waals surface area contributed by atoms with E-state index in [9.17, 15) is 24.6 Å². The summed E-state index contributed by atoms with van der Waals surface area (Å²) in [4.78, 5) is 54.6. The third-order valence-corrected chi connectivity index (χ3v) is 13.5. The van der Waals surface area contributed by atoms with Gasteiger partial charge in [0.05, 0.1) is 33.6 Å². The number of aryl methyl sites for hydroxylation is 1. The first kappa shape index (κ1) is 47.9. The van der Waals surface area contributed by atoms with Crippen molar-refractivity contribution in [3.05, 3.63) is 101 Å². The van der Waals surface area contributed by atoms with Crippen molar-refractivity contribution in [2.24, 2.45) is 5.41 Å². The second-order valence-corrected chi connectivity index (χ2v) is 19.5. The average molecular weight is 917 g/mol. The van der Waals surface area contributed by atoms with Gasteiger partial charge in [0.2, 0.25) is 17.7 Å². The molecule has 66 heavy (non-hydrogen) atoms. The molecule has 4 heterocycles. The first-order chi connectivity index (χ1) is 31.6. The van der Waals surface area contributed by atoms with Crippen molar-refractivity contribution in [3.63, 3.8) is 0 Å². The van der Waals surface area contributed by atoms with Crippen LogP contribution in [0, 0.1) is 12.3 Å². The lowest BCUT2D eigenvalue weighted by atomic mass is 9.85. The zero-order valence-electron chi connectivity index (χ0n) is 38.7. The van der Waals surface area contributed by atoms with Gasteiger partial charge in [-0.15, -0.1) is 21.5 Å². The summed E-state index contributed by atoms with van der Waals surface area (Å²) >= 11 is 1.59. The number of β-amino-alcohol motifs (C(OH)–C–C–N with tert-alkyl or cyclic N) is 1. The number of aromatic nitrogens is 3. The van der Waals surface area contributed by atoms with Gasteiger partial charge in [0, 0.05) is 69.9 Å². The van der Waals surface area contributed by atoms with Crippen molar-refractivity contribution < 1.29 is 24.6 Å². The lowest BCUT2D eigenvalue weighted by Gasteiger charge is -2.37. The van der Waals surface area contributed by atoms with Gasteiger partial charge in [0.25, 0.3) is 0 Å². The number of aliphatic hydroxyl groups excluding tert-OH is 1. The zero-order valence-corrected chi connectivity index (χ0v) is 39.6. The molecule has 2 aliphatic rings. The summed E-state index contributed by atoms with van der Waals surface area (Å²) in [5.41, 5.74) is 14.8. The number of hydrogen-bond acceptors (Lipinski definition) is 13. The predicted molar refractivity (Wildman–Crippen MR) is 261 cm³/mol. The van der Waals surface area contributed by atoms with Crippen molar-refractivity contribution >= 4 is 46.3 Å². The minimum Gasteiger partial charge on any atom is -0.507 e. The van der Waals surface area contributed by atoms with Gasteiger partial charge < -0.3 is 46.2 Å². The summed E-state index contributed by atoms with van der Waals surface area (Å²) in [6.07, 6.45) is 2.07. The molecule has 2 saturated heterocycles. The van der Waals surface area contributed by atoms with Gasteiger partial charge in [0.15, 0.2) is 5.82 Å². The Kier molecular flexibility index (Phi) is 15.6. The van der Waals surface area contributed by atoms with Crippen LogP contribution in [0.4, 0.5) is 17.2 Å². The van der Waals surface area contributed by atoms with Gasteiger partial charge >= 0.3 is 0 Å². The molecule has 3 atom stereocenters. The number of aliphatic hydroxyl groups is 1. The fraction of sp³-hybridized carbons (Fsp3) is 0.440. The van der Waals surface area contributed by atoms with E-state index in [1.165, 1.54) is 16.2 Å². The molecule has 0 radical (unpaired) electrons. The second kappa shape index (κ2) is 21.5. The van der Waals surface area contributed by atoms with Gasteiger partial charge in [-0.25, -0.2) is 4.98 Å². The van der Waals surface area contributed by atoms with Crippen LogP contribution in [-0.2, 0) is 27.5 Å². The van der Waals surface area contributed by atoms with Gasteiger partial charge in [-0.05, 0) is 85.8 Å². The number of thiazole rings is 1. The number of phenols is 1. The summed E-state index contributed by atoms with van der Waals surface area (Å²) in [7, 11) is 2.11. The maximum Gasteiger partial charge on any atom is 0.246 e. The lowest BCUT2D eigenvalue weighted by Crippen LogP contribution is -2.57. The molecule has 0 spiro atoms. The summed E-state index contributed by atoms with van der Waals surface area (Å²) in [5, 5.41) is 35.3. The summed E-state index contributed by atoms with van der Waals surface area (Å²) in [6.45, 7) is 12.9. The number of phenolic OH excluding ortho intramolecular Hbond substituents is 1. The van der Waals surface area contributed by atoms with Gasteiger partial charge in [-0.3, -0.25) is 14.4 Å². The Hall–Kier alpha value is -6.10. The Morgan fingerprint density at radius 3 is 2.30 bits per heavy atom. The average Bonchev–Trinajstić information content (AvgIpc) is 3.92. The molecule has 15 nitrogen and oxygen atoms in total. The molecule has 350 valence electrons. The number of nitrogens with zero attached hydrogens (tertiary/aromatic N) is 7. The number of nitrogen functional groups attached to an aromatic ring is 1. The fourth-order valence-electron chi connectivity index (χ4n) is 8.73. The van der Waals surface area contributed by atoms with E-state index in [0.29, 0.717) is 29.9 Å². The number of aromatic hydroxyl groups is 1. The Morgan fingerprint density at radius 2 is 1.62 bits per heavy atom. The normalized spacial score (nSPS) is 17.0. The molecule has 0 aliphatic carbocycles. The molecule has 2 aromatic heterocycles. The molecule has 3 amide bonds. The highest BCUT2D eigenvalue weighted by Crippen LogP contribution is 2.33. The summed E-state index contributed by atoms with van der Waals surface area (Å²) in [5.74, 6) is -0.370. The van der Waals surface area contributed by atoms with Crippen LogP contribution in [-0.4, -0.2) is 117 Å². The maximum atomic E-state index is 14.1. The highest BCUT2D eigenvalue weighted by atomic mass is 32.1. The minimum atomic E-state index is -0.856. The van der Waals surface area contributed by atoms with E-state index in [4.69, 9.17) is 5.73 Å². The number of para-hydroxylation sites is 1. The van der Waals surface area contributed by atoms with Gasteiger partial charge in [-0.1, -0.05) is 75.7 Å². The van der Waals surface area contributed by atoms with E-state index in [1.807, 2.05) is 75.7 Å². The molecular weight excluding hydrogens is 853 g/mol. The number of hydrogen-bond donors (Lipinski definition) is 5. The standard InChI is InChI=1S/C50H64N10O5S/c1-33-45(66-32-53-33)36-18-14-34(15-19-36)29-52-48(64)42-27-38(61)31-60(42)49(65)46(50(2,3)4)54-44(63)13-7-6-10-22-57(5)30-35-16-20-37(21-17-35)58-23-25-59(26-24-58)41-28-40(55-56-47(41)51)39-11-8-9-12-43(39)62/h8-9,11-12,14-21,28,32,38,42,46,61-62H,6-7,10,13,22-27,29-31H2,1-5H3,(H2,51,56)(H,52,64)(H,54,63)/t38-,42+,46?/m1/s1. The summed E-state index contributed by atoms with van der Waals surface area (Å²) in [6, 6.07) is 24.0. The number of benzene rings is 3. The van der Waals surface area contributed by atoms with Crippen LogP contribution in [0.3, 0.4) is 0 Å². The minimum absolute atomic E-state index is 0.0321. The number of carbonyl (C=O) groups is 3. The number of rotatable bonds is 17. The monoisotopic (exact) mass is 916 g/mol. The summed E-state index contributed by atoms with van der Waals surface area (Å²) < 4.78 is 0. The van der Waals surface area contributed by atoms with Crippen LogP contribution >= 0.6 is 11.3 Å². The Balaban J connectivity index is 0.815. The van der Waals surface area contributed by atoms with E-state index < -0.39 is 23.6 Å². The van der Waals surface area contributed by atoms with Crippen molar-refractivity contribution in [3.8, 4) is 27.4 Å². The Labute approximate surface area is 392 Å². The molecular formula is C50H64N10O5S. The highest BCUT2D eigenvalue weighted by molar-refractivity contribution is 7.13. The molecule has 3 aromatic carbocycles. The van der Waals surface area contributed by atoms with Gasteiger partial charge in [0.1, 0.15) is 17.8 Å². The number of likely N-dealkylation sites (tertiary alicyclic amines) is 1. The Morgan fingerprint density at radius 1 is 0.924 bits per heavy atom. The SMILES string of the molecule is Cc1ncsc1-c1ccc(CNC(=O)[C@@H]2C[C@@H](O)CN2C(=O)C(NC(=O)CCCCCN(C)Cc2ccc(N3CCN(c4cc(-c5ccccc5O)nnc4N)CC3)cc2)C(C)(C)C)cc1. The molecule has 0 bridgehead atoms. The van der Waals surface area contributed by atoms with E-state index in [1.54, 1.807) is 23.5 Å². The first-order valence-electron chi connectivity index (χ1n) is 22.9. The zero-order chi connectivity index (χ0) is 47.0. The number of nitrogens with two attached hydrogens (primary N) is 1. The quantitative estimate of drug-likeness (QED) is 0.0686. The maximum absolute atomic E-state index is 14.1. The topological polar surface area (TPSA) is 193 Å². The van der Waals surface area contributed by atoms with Crippen LogP contribution in [0.5, 0.6) is 5.75 Å². The number of anilines is 3. The van der Waals surface area contributed by atoms with Crippen molar-refractivity contribution in [1.29, 1.82) is 0 Å².